The van der Waals surface area contributed by atoms with Gasteiger partial charge in [0.25, 0.3) is 5.91 Å². The monoisotopic (exact) mass is 406 g/mol. The van der Waals surface area contributed by atoms with Crippen LogP contribution in [0.5, 0.6) is 11.5 Å². The van der Waals surface area contributed by atoms with Crippen molar-refractivity contribution in [2.45, 2.75) is 6.54 Å². The van der Waals surface area contributed by atoms with E-state index in [9.17, 15) is 4.79 Å². The third kappa shape index (κ3) is 2.98. The van der Waals surface area contributed by atoms with Crippen LogP contribution in [0.1, 0.15) is 10.5 Å². The van der Waals surface area contributed by atoms with Crippen molar-refractivity contribution in [3.63, 3.8) is 0 Å². The number of fused-ring (bicyclic) bond motifs is 2. The van der Waals surface area contributed by atoms with Gasteiger partial charge in [0.1, 0.15) is 5.69 Å². The third-order valence-electron chi connectivity index (χ3n) is 3.94. The molecule has 0 bridgehead atoms. The highest BCUT2D eigenvalue weighted by atomic mass is 79.9. The summed E-state index contributed by atoms with van der Waals surface area (Å²) < 4.78 is 23.8. The Morgan fingerprint density at radius 2 is 2.12 bits per heavy atom. The first-order valence-corrected chi connectivity index (χ1v) is 8.43. The van der Waals surface area contributed by atoms with Crippen molar-refractivity contribution >= 4 is 38.6 Å². The summed E-state index contributed by atoms with van der Waals surface area (Å²) in [6.07, 6.45) is 0. The fourth-order valence-electron chi connectivity index (χ4n) is 2.79. The van der Waals surface area contributed by atoms with Gasteiger partial charge in [0.15, 0.2) is 21.8 Å². The molecule has 4 rings (SSSR count). The highest BCUT2D eigenvalue weighted by Crippen LogP contribution is 2.34. The second-order valence-corrected chi connectivity index (χ2v) is 6.28. The first-order chi connectivity index (χ1) is 12.2. The normalized spacial score (nSPS) is 12.7. The van der Waals surface area contributed by atoms with E-state index in [0.29, 0.717) is 46.3 Å². The molecule has 25 heavy (non-hydrogen) atoms. The molecule has 1 aromatic carbocycles. The molecule has 1 N–H and O–H groups in total. The lowest BCUT2D eigenvalue weighted by atomic mass is 10.2. The number of aromatic nitrogens is 1. The van der Waals surface area contributed by atoms with Crippen LogP contribution in [0.4, 0.5) is 5.69 Å². The standard InChI is InChI=1S/C17H15BrN2O5/c1-22-5-4-20-11-8-16(18)25-14(11)7-12(20)17(21)19-10-2-3-13-15(6-10)24-9-23-13/h2-3,6-8H,4-5,9H2,1H3,(H,19,21). The van der Waals surface area contributed by atoms with Crippen LogP contribution in [0, 0.1) is 0 Å². The topological polar surface area (TPSA) is 74.9 Å². The van der Waals surface area contributed by atoms with Gasteiger partial charge in [0.2, 0.25) is 6.79 Å². The van der Waals surface area contributed by atoms with E-state index < -0.39 is 0 Å². The molecular weight excluding hydrogens is 392 g/mol. The van der Waals surface area contributed by atoms with Crippen LogP contribution in [-0.4, -0.2) is 31.0 Å². The summed E-state index contributed by atoms with van der Waals surface area (Å²) in [5, 5.41) is 2.88. The number of hydrogen-bond acceptors (Lipinski definition) is 5. The molecule has 0 atom stereocenters. The lowest BCUT2D eigenvalue weighted by Gasteiger charge is -2.10. The first kappa shape index (κ1) is 16.0. The van der Waals surface area contributed by atoms with Crippen molar-refractivity contribution in [2.24, 2.45) is 0 Å². The number of nitrogens with zero attached hydrogens (tertiary/aromatic N) is 1. The van der Waals surface area contributed by atoms with E-state index in [1.165, 1.54) is 0 Å². The number of methoxy groups -OCH3 is 1. The lowest BCUT2D eigenvalue weighted by molar-refractivity contribution is 0.101. The van der Waals surface area contributed by atoms with Crippen LogP contribution >= 0.6 is 15.9 Å². The Labute approximate surface area is 151 Å². The Morgan fingerprint density at radius 1 is 1.28 bits per heavy atom. The van der Waals surface area contributed by atoms with Crippen molar-refractivity contribution < 1.29 is 23.4 Å². The average Bonchev–Trinajstić information content (AvgIpc) is 3.26. The Morgan fingerprint density at radius 3 is 2.96 bits per heavy atom. The van der Waals surface area contributed by atoms with Gasteiger partial charge in [-0.05, 0) is 28.1 Å². The molecule has 0 saturated carbocycles. The Hall–Kier alpha value is -2.45. The van der Waals surface area contributed by atoms with E-state index >= 15 is 0 Å². The largest absolute Gasteiger partial charge is 0.454 e. The minimum absolute atomic E-state index is 0.192. The zero-order chi connectivity index (χ0) is 17.4. The third-order valence-corrected chi connectivity index (χ3v) is 4.33. The van der Waals surface area contributed by atoms with Crippen molar-refractivity contribution in [1.82, 2.24) is 4.57 Å². The molecule has 1 aliphatic rings. The Kier molecular flexibility index (Phi) is 4.14. The van der Waals surface area contributed by atoms with E-state index in [2.05, 4.69) is 21.2 Å². The molecule has 0 unspecified atom stereocenters. The number of anilines is 1. The first-order valence-electron chi connectivity index (χ1n) is 7.64. The van der Waals surface area contributed by atoms with Crippen molar-refractivity contribution in [2.75, 3.05) is 25.8 Å². The van der Waals surface area contributed by atoms with Gasteiger partial charge in [-0.2, -0.15) is 0 Å². The molecule has 1 aliphatic heterocycles. The maximum absolute atomic E-state index is 12.8. The molecule has 0 saturated heterocycles. The fourth-order valence-corrected chi connectivity index (χ4v) is 3.18. The number of carbonyl (C=O) groups is 1. The molecule has 0 spiro atoms. The molecular formula is C17H15BrN2O5. The summed E-state index contributed by atoms with van der Waals surface area (Å²) >= 11 is 3.31. The van der Waals surface area contributed by atoms with Gasteiger partial charge in [-0.15, -0.1) is 0 Å². The quantitative estimate of drug-likeness (QED) is 0.700. The zero-order valence-corrected chi connectivity index (χ0v) is 15.0. The second-order valence-electron chi connectivity index (χ2n) is 5.50. The molecule has 0 radical (unpaired) electrons. The molecule has 3 aromatic rings. The number of rotatable bonds is 5. The molecule has 7 nitrogen and oxygen atoms in total. The number of hydrogen-bond donors (Lipinski definition) is 1. The number of benzene rings is 1. The van der Waals surface area contributed by atoms with Crippen LogP contribution in [0.25, 0.3) is 11.1 Å². The predicted octanol–water partition coefficient (Wildman–Crippen LogP) is 3.62. The summed E-state index contributed by atoms with van der Waals surface area (Å²) in [5.41, 5.74) is 2.60. The van der Waals surface area contributed by atoms with Crippen molar-refractivity contribution in [1.29, 1.82) is 0 Å². The maximum atomic E-state index is 12.8. The maximum Gasteiger partial charge on any atom is 0.272 e. The van der Waals surface area contributed by atoms with Gasteiger partial charge in [-0.1, -0.05) is 0 Å². The number of carbonyl (C=O) groups excluding carboxylic acids is 1. The zero-order valence-electron chi connectivity index (χ0n) is 13.4. The summed E-state index contributed by atoms with van der Waals surface area (Å²) in [6.45, 7) is 1.21. The average molecular weight is 407 g/mol. The van der Waals surface area contributed by atoms with Crippen LogP contribution in [0.2, 0.25) is 0 Å². The van der Waals surface area contributed by atoms with Gasteiger partial charge in [0, 0.05) is 37.5 Å². The number of ether oxygens (including phenoxy) is 3. The van der Waals surface area contributed by atoms with Crippen molar-refractivity contribution in [3.05, 3.63) is 40.7 Å². The van der Waals surface area contributed by atoms with Crippen molar-refractivity contribution in [3.8, 4) is 11.5 Å². The van der Waals surface area contributed by atoms with Gasteiger partial charge in [-0.25, -0.2) is 0 Å². The lowest BCUT2D eigenvalue weighted by Crippen LogP contribution is -2.18. The Bertz CT molecular complexity index is 946. The van der Waals surface area contributed by atoms with E-state index in [1.54, 1.807) is 31.4 Å². The Balaban J connectivity index is 1.63. The van der Waals surface area contributed by atoms with Crippen LogP contribution in [0.15, 0.2) is 39.4 Å². The van der Waals surface area contributed by atoms with Gasteiger partial charge >= 0.3 is 0 Å². The van der Waals surface area contributed by atoms with Crippen LogP contribution < -0.4 is 14.8 Å². The summed E-state index contributed by atoms with van der Waals surface area (Å²) in [7, 11) is 1.62. The molecule has 0 aliphatic carbocycles. The molecule has 3 heterocycles. The van der Waals surface area contributed by atoms with E-state index in [4.69, 9.17) is 18.6 Å². The molecule has 130 valence electrons. The number of nitrogens with one attached hydrogen (secondary N) is 1. The summed E-state index contributed by atoms with van der Waals surface area (Å²) in [6, 6.07) is 8.84. The number of amides is 1. The smallest absolute Gasteiger partial charge is 0.272 e. The van der Waals surface area contributed by atoms with Gasteiger partial charge < -0.3 is 28.5 Å². The van der Waals surface area contributed by atoms with Crippen LogP contribution in [0.3, 0.4) is 0 Å². The highest BCUT2D eigenvalue weighted by molar-refractivity contribution is 9.10. The van der Waals surface area contributed by atoms with E-state index in [-0.39, 0.29) is 12.7 Å². The summed E-state index contributed by atoms with van der Waals surface area (Å²) in [5.74, 6) is 1.05. The summed E-state index contributed by atoms with van der Waals surface area (Å²) in [4.78, 5) is 12.8. The molecule has 8 heteroatoms. The highest BCUT2D eigenvalue weighted by Gasteiger charge is 2.20. The predicted molar refractivity (Wildman–Crippen MR) is 94.3 cm³/mol. The minimum atomic E-state index is -0.238. The van der Waals surface area contributed by atoms with Gasteiger partial charge in [-0.3, -0.25) is 4.79 Å². The fraction of sp³-hybridized carbons (Fsp3) is 0.235. The second kappa shape index (κ2) is 6.45. The van der Waals surface area contributed by atoms with Gasteiger partial charge in [0.05, 0.1) is 12.1 Å². The molecule has 0 fully saturated rings. The number of halogens is 1. The minimum Gasteiger partial charge on any atom is -0.454 e. The van der Waals surface area contributed by atoms with E-state index in [1.807, 2.05) is 10.6 Å². The molecule has 1 amide bonds. The molecule has 2 aromatic heterocycles. The van der Waals surface area contributed by atoms with Crippen LogP contribution in [-0.2, 0) is 11.3 Å². The van der Waals surface area contributed by atoms with E-state index in [0.717, 1.165) is 5.52 Å². The number of furan rings is 1. The SMILES string of the molecule is COCCn1c(C(=O)Nc2ccc3c(c2)OCO3)cc2oc(Br)cc21.